The first kappa shape index (κ1) is 37.5. The molecule has 2 unspecified atom stereocenters. The second kappa shape index (κ2) is 18.9. The summed E-state index contributed by atoms with van der Waals surface area (Å²) in [5, 5.41) is 0.197. The summed E-state index contributed by atoms with van der Waals surface area (Å²) in [6, 6.07) is 0. The Morgan fingerprint density at radius 2 is 1.81 bits per heavy atom. The zero-order valence-corrected chi connectivity index (χ0v) is 29.5. The van der Waals surface area contributed by atoms with Crippen LogP contribution in [-0.4, -0.2) is 57.2 Å². The number of carbonyl (C=O) groups excluding carboxylic acids is 2. The van der Waals surface area contributed by atoms with Crippen molar-refractivity contribution in [3.8, 4) is 0 Å². The van der Waals surface area contributed by atoms with Crippen molar-refractivity contribution in [2.24, 2.45) is 11.8 Å². The van der Waals surface area contributed by atoms with E-state index in [4.69, 9.17) is 30.2 Å². The summed E-state index contributed by atoms with van der Waals surface area (Å²) in [6.45, 7) is 16.7. The van der Waals surface area contributed by atoms with Crippen molar-refractivity contribution in [2.75, 3.05) is 13.2 Å². The second-order valence-corrected chi connectivity index (χ2v) is 19.4. The van der Waals surface area contributed by atoms with Crippen LogP contribution in [-0.2, 0) is 28.2 Å². The summed E-state index contributed by atoms with van der Waals surface area (Å²) in [5.74, 6) is 0.434. The van der Waals surface area contributed by atoms with Gasteiger partial charge >= 0.3 is 5.97 Å². The number of halogens is 1. The number of hydrogen-bond donors (Lipinski definition) is 0. The van der Waals surface area contributed by atoms with E-state index in [0.29, 0.717) is 19.4 Å². The largest absolute Gasteiger partial charge is 0.466 e. The topological polar surface area (TPSA) is 71.1 Å². The summed E-state index contributed by atoms with van der Waals surface area (Å²) in [6.07, 6.45) is 16.3. The minimum atomic E-state index is -1.80. The zero-order chi connectivity index (χ0) is 31.2. The maximum Gasteiger partial charge on any atom is 0.305 e. The number of hydrogen-bond acceptors (Lipinski definition) is 6. The smallest absolute Gasteiger partial charge is 0.305 e. The van der Waals surface area contributed by atoms with Crippen LogP contribution >= 0.6 is 11.6 Å². The van der Waals surface area contributed by atoms with E-state index in [1.54, 1.807) is 6.08 Å². The molecule has 0 aromatic heterocycles. The summed E-state index contributed by atoms with van der Waals surface area (Å²) in [4.78, 5) is 24.7. The number of unbranched alkanes of at least 4 members (excludes halogenated alkanes) is 3. The molecule has 0 bridgehead atoms. The van der Waals surface area contributed by atoms with Crippen LogP contribution in [0.4, 0.5) is 0 Å². The Morgan fingerprint density at radius 1 is 1.07 bits per heavy atom. The van der Waals surface area contributed by atoms with Gasteiger partial charge in [0.2, 0.25) is 0 Å². The molecule has 1 saturated heterocycles. The molecule has 1 heterocycles. The average Bonchev–Trinajstić information content (AvgIpc) is 3.21. The van der Waals surface area contributed by atoms with Gasteiger partial charge in [-0.2, -0.15) is 0 Å². The highest BCUT2D eigenvalue weighted by molar-refractivity contribution is 6.74. The van der Waals surface area contributed by atoms with Gasteiger partial charge in [-0.25, -0.2) is 0 Å². The monoisotopic (exact) mass is 628 g/mol. The lowest BCUT2D eigenvalue weighted by atomic mass is 9.88. The molecule has 2 fully saturated rings. The third-order valence-corrected chi connectivity index (χ3v) is 14.4. The molecule has 244 valence electrons. The lowest BCUT2D eigenvalue weighted by molar-refractivity contribution is -0.192. The average molecular weight is 629 g/mol. The van der Waals surface area contributed by atoms with Gasteiger partial charge in [-0.1, -0.05) is 53.0 Å². The Balaban J connectivity index is 1.88. The Labute approximate surface area is 263 Å². The van der Waals surface area contributed by atoms with Gasteiger partial charge in [0, 0.05) is 36.8 Å². The van der Waals surface area contributed by atoms with Crippen LogP contribution in [0.5, 0.6) is 0 Å². The third kappa shape index (κ3) is 13.5. The molecule has 0 radical (unpaired) electrons. The van der Waals surface area contributed by atoms with E-state index in [2.05, 4.69) is 46.9 Å². The van der Waals surface area contributed by atoms with E-state index in [9.17, 15) is 9.59 Å². The molecule has 6 nitrogen and oxygen atoms in total. The Kier molecular flexibility index (Phi) is 16.9. The number of esters is 1. The fraction of sp³-hybridized carbons (Fsp3) is 0.882. The van der Waals surface area contributed by atoms with Crippen LogP contribution in [0.15, 0.2) is 12.2 Å². The van der Waals surface area contributed by atoms with Crippen molar-refractivity contribution in [3.05, 3.63) is 12.2 Å². The minimum Gasteiger partial charge on any atom is -0.466 e. The Morgan fingerprint density at radius 3 is 2.48 bits per heavy atom. The van der Waals surface area contributed by atoms with E-state index < -0.39 is 8.32 Å². The number of rotatable bonds is 19. The highest BCUT2D eigenvalue weighted by Crippen LogP contribution is 2.43. The second-order valence-electron chi connectivity index (χ2n) is 14.0. The number of ketones is 1. The van der Waals surface area contributed by atoms with Gasteiger partial charge in [0.25, 0.3) is 0 Å². The molecule has 0 aromatic carbocycles. The van der Waals surface area contributed by atoms with Crippen LogP contribution in [0.1, 0.15) is 125 Å². The summed E-state index contributed by atoms with van der Waals surface area (Å²) in [7, 11) is -1.80. The first-order valence-electron chi connectivity index (χ1n) is 16.8. The summed E-state index contributed by atoms with van der Waals surface area (Å²) < 4.78 is 24.0. The highest BCUT2D eigenvalue weighted by atomic mass is 35.5. The van der Waals surface area contributed by atoms with Gasteiger partial charge in [0.1, 0.15) is 0 Å². The molecule has 8 heteroatoms. The van der Waals surface area contributed by atoms with Crippen molar-refractivity contribution < 1.29 is 28.2 Å². The standard InChI is InChI=1S/C34H61ClO6Si/c1-8-23-38-32(37)19-12-10-9-11-18-28-29(31(25-30(28)35)40-33-20-13-14-24-39-33)22-21-27(36)17-15-16-26(2)41-42(6,7)34(3,4)5/h21-22,26,28-31,33H,8-20,23-25H2,1-7H3/t26?,28-,29-,30-,31-,33?/m1/s1. The van der Waals surface area contributed by atoms with Gasteiger partial charge < -0.3 is 18.6 Å². The molecule has 0 amide bonds. The van der Waals surface area contributed by atoms with Crippen LogP contribution in [0.2, 0.25) is 18.1 Å². The normalized spacial score (nSPS) is 26.0. The lowest BCUT2D eigenvalue weighted by Crippen LogP contribution is -2.43. The lowest BCUT2D eigenvalue weighted by Gasteiger charge is -2.38. The van der Waals surface area contributed by atoms with E-state index in [1.807, 2.05) is 6.92 Å². The van der Waals surface area contributed by atoms with Crippen LogP contribution in [0.3, 0.4) is 0 Å². The van der Waals surface area contributed by atoms with Gasteiger partial charge in [-0.15, -0.1) is 11.6 Å². The number of allylic oxidation sites excluding steroid dienone is 1. The SMILES string of the molecule is CCCOC(=O)CCCCCC[C@@H]1[C@@H](C=CC(=O)CCCC(C)O[Si](C)(C)C(C)(C)C)[C@H](OC2CCCCO2)C[C@H]1Cl. The predicted molar refractivity (Wildman–Crippen MR) is 174 cm³/mol. The molecule has 1 saturated carbocycles. The van der Waals surface area contributed by atoms with Crippen LogP contribution < -0.4 is 0 Å². The summed E-state index contributed by atoms with van der Waals surface area (Å²) in [5.41, 5.74) is 0. The van der Waals surface area contributed by atoms with Crippen molar-refractivity contribution in [2.45, 2.75) is 167 Å². The third-order valence-electron chi connectivity index (χ3n) is 9.29. The summed E-state index contributed by atoms with van der Waals surface area (Å²) >= 11 is 6.92. The van der Waals surface area contributed by atoms with Gasteiger partial charge in [0.15, 0.2) is 20.4 Å². The number of carbonyl (C=O) groups is 2. The molecule has 6 atom stereocenters. The molecule has 0 spiro atoms. The molecule has 0 N–H and O–H groups in total. The van der Waals surface area contributed by atoms with E-state index in [0.717, 1.165) is 83.7 Å². The maximum atomic E-state index is 12.9. The quantitative estimate of drug-likeness (QED) is 0.0467. The molecule has 42 heavy (non-hydrogen) atoms. The molecular formula is C34H61ClO6Si. The molecule has 1 aliphatic carbocycles. The van der Waals surface area contributed by atoms with Crippen LogP contribution in [0.25, 0.3) is 0 Å². The molecule has 2 rings (SSSR count). The number of ether oxygens (including phenoxy) is 3. The fourth-order valence-electron chi connectivity index (χ4n) is 5.77. The first-order chi connectivity index (χ1) is 19.8. The maximum absolute atomic E-state index is 12.9. The van der Waals surface area contributed by atoms with E-state index >= 15 is 0 Å². The van der Waals surface area contributed by atoms with Gasteiger partial charge in [0.05, 0.1) is 12.7 Å². The van der Waals surface area contributed by atoms with Crippen LogP contribution in [0, 0.1) is 11.8 Å². The molecule has 2 aliphatic rings. The zero-order valence-electron chi connectivity index (χ0n) is 27.8. The van der Waals surface area contributed by atoms with Crippen molar-refractivity contribution in [1.29, 1.82) is 0 Å². The van der Waals surface area contributed by atoms with E-state index in [-0.39, 0.29) is 52.5 Å². The molecular weight excluding hydrogens is 568 g/mol. The highest BCUT2D eigenvalue weighted by Gasteiger charge is 2.42. The van der Waals surface area contributed by atoms with Gasteiger partial charge in [-0.05, 0) is 94.8 Å². The van der Waals surface area contributed by atoms with Crippen molar-refractivity contribution in [1.82, 2.24) is 0 Å². The molecule has 0 aromatic rings. The minimum absolute atomic E-state index is 0.0145. The Hall–Kier alpha value is -0.733. The first-order valence-corrected chi connectivity index (χ1v) is 20.1. The predicted octanol–water partition coefficient (Wildman–Crippen LogP) is 9.14. The fourth-order valence-corrected chi connectivity index (χ4v) is 7.71. The van der Waals surface area contributed by atoms with Gasteiger partial charge in [-0.3, -0.25) is 9.59 Å². The Bertz CT molecular complexity index is 819. The number of alkyl halides is 1. The van der Waals surface area contributed by atoms with E-state index in [1.165, 1.54) is 0 Å². The molecule has 1 aliphatic heterocycles. The van der Waals surface area contributed by atoms with Crippen molar-refractivity contribution in [3.63, 3.8) is 0 Å². The van der Waals surface area contributed by atoms with Crippen molar-refractivity contribution >= 4 is 31.7 Å².